The Balaban J connectivity index is 1.88. The highest BCUT2D eigenvalue weighted by Gasteiger charge is 2.41. The van der Waals surface area contributed by atoms with E-state index in [9.17, 15) is 8.78 Å². The minimum atomic E-state index is -0.435. The van der Waals surface area contributed by atoms with Crippen LogP contribution in [0.25, 0.3) is 0 Å². The molecule has 0 radical (unpaired) electrons. The van der Waals surface area contributed by atoms with Gasteiger partial charge >= 0.3 is 0 Å². The van der Waals surface area contributed by atoms with Crippen LogP contribution in [-0.4, -0.2) is 31.1 Å². The van der Waals surface area contributed by atoms with Gasteiger partial charge in [-0.1, -0.05) is 6.07 Å². The summed E-state index contributed by atoms with van der Waals surface area (Å²) in [7, 11) is 3.98. The van der Waals surface area contributed by atoms with Crippen molar-refractivity contribution in [1.29, 1.82) is 0 Å². The van der Waals surface area contributed by atoms with Gasteiger partial charge in [-0.15, -0.1) is 0 Å². The summed E-state index contributed by atoms with van der Waals surface area (Å²) < 4.78 is 28.1. The van der Waals surface area contributed by atoms with Crippen LogP contribution in [0, 0.1) is 17.6 Å². The molecule has 2 aliphatic heterocycles. The molecule has 20 heavy (non-hydrogen) atoms. The molecule has 3 rings (SSSR count). The number of hydrogen-bond donors (Lipinski definition) is 1. The first kappa shape index (κ1) is 14.0. The van der Waals surface area contributed by atoms with Crippen LogP contribution in [0.4, 0.5) is 8.78 Å². The molecule has 2 heterocycles. The Morgan fingerprint density at radius 1 is 1.15 bits per heavy atom. The SMILES string of the molecule is CNC(c1c(F)cccc1F)C1CC2CCC(C1)N2C. The maximum atomic E-state index is 14.0. The van der Waals surface area contributed by atoms with Gasteiger partial charge in [0.1, 0.15) is 11.6 Å². The van der Waals surface area contributed by atoms with Crippen LogP contribution in [-0.2, 0) is 0 Å². The monoisotopic (exact) mass is 280 g/mol. The second-order valence-corrected chi connectivity index (χ2v) is 6.18. The summed E-state index contributed by atoms with van der Waals surface area (Å²) in [5.41, 5.74) is 0.212. The molecule has 1 aromatic rings. The Morgan fingerprint density at radius 2 is 1.70 bits per heavy atom. The zero-order valence-electron chi connectivity index (χ0n) is 12.1. The molecule has 2 nitrogen and oxygen atoms in total. The number of fused-ring (bicyclic) bond motifs is 2. The minimum Gasteiger partial charge on any atom is -0.313 e. The molecular weight excluding hydrogens is 258 g/mol. The van der Waals surface area contributed by atoms with Crippen LogP contribution >= 0.6 is 0 Å². The number of hydrogen-bond acceptors (Lipinski definition) is 2. The van der Waals surface area contributed by atoms with Crippen molar-refractivity contribution in [2.45, 2.75) is 43.8 Å². The van der Waals surface area contributed by atoms with Gasteiger partial charge in [0, 0.05) is 23.7 Å². The molecule has 1 aromatic carbocycles. The van der Waals surface area contributed by atoms with E-state index in [1.54, 1.807) is 7.05 Å². The topological polar surface area (TPSA) is 15.3 Å². The largest absolute Gasteiger partial charge is 0.313 e. The molecule has 3 atom stereocenters. The van der Waals surface area contributed by atoms with Gasteiger partial charge in [0.2, 0.25) is 0 Å². The van der Waals surface area contributed by atoms with Crippen LogP contribution in [0.15, 0.2) is 18.2 Å². The predicted octanol–water partition coefficient (Wildman–Crippen LogP) is 3.10. The third-order valence-corrected chi connectivity index (χ3v) is 5.23. The highest BCUT2D eigenvalue weighted by Crippen LogP contribution is 2.43. The summed E-state index contributed by atoms with van der Waals surface area (Å²) >= 11 is 0. The van der Waals surface area contributed by atoms with E-state index in [0.717, 1.165) is 12.8 Å². The van der Waals surface area contributed by atoms with Crippen molar-refractivity contribution >= 4 is 0 Å². The molecular formula is C16H22F2N2. The average Bonchev–Trinajstić information content (AvgIpc) is 2.65. The van der Waals surface area contributed by atoms with Crippen molar-refractivity contribution in [1.82, 2.24) is 10.2 Å². The number of nitrogens with one attached hydrogen (secondary N) is 1. The molecule has 0 spiro atoms. The van der Waals surface area contributed by atoms with E-state index in [-0.39, 0.29) is 11.6 Å². The smallest absolute Gasteiger partial charge is 0.130 e. The van der Waals surface area contributed by atoms with Crippen LogP contribution in [0.3, 0.4) is 0 Å². The third kappa shape index (κ3) is 2.25. The van der Waals surface area contributed by atoms with E-state index in [2.05, 4.69) is 17.3 Å². The Hall–Kier alpha value is -1.00. The van der Waals surface area contributed by atoms with Gasteiger partial charge in [-0.25, -0.2) is 8.78 Å². The van der Waals surface area contributed by atoms with Crippen molar-refractivity contribution in [3.05, 3.63) is 35.4 Å². The molecule has 2 saturated heterocycles. The highest BCUT2D eigenvalue weighted by atomic mass is 19.1. The fraction of sp³-hybridized carbons (Fsp3) is 0.625. The number of halogens is 2. The molecule has 0 amide bonds. The van der Waals surface area contributed by atoms with Crippen LogP contribution in [0.2, 0.25) is 0 Å². The maximum absolute atomic E-state index is 14.0. The lowest BCUT2D eigenvalue weighted by Gasteiger charge is -2.40. The van der Waals surface area contributed by atoms with Crippen molar-refractivity contribution in [3.63, 3.8) is 0 Å². The first-order valence-electron chi connectivity index (χ1n) is 7.45. The molecule has 110 valence electrons. The summed E-state index contributed by atoms with van der Waals surface area (Å²) in [5, 5.41) is 3.15. The lowest BCUT2D eigenvalue weighted by Crippen LogP contribution is -2.43. The fourth-order valence-corrected chi connectivity index (χ4v) is 4.15. The first-order chi connectivity index (χ1) is 9.61. The Morgan fingerprint density at radius 3 is 2.20 bits per heavy atom. The van der Waals surface area contributed by atoms with Crippen LogP contribution < -0.4 is 5.32 Å². The van der Waals surface area contributed by atoms with Crippen molar-refractivity contribution in [2.75, 3.05) is 14.1 Å². The molecule has 1 N–H and O–H groups in total. The number of benzene rings is 1. The number of rotatable bonds is 3. The molecule has 0 aromatic heterocycles. The summed E-state index contributed by atoms with van der Waals surface area (Å²) in [4.78, 5) is 2.45. The van der Waals surface area contributed by atoms with E-state index in [1.807, 2.05) is 0 Å². The maximum Gasteiger partial charge on any atom is 0.130 e. The van der Waals surface area contributed by atoms with Crippen molar-refractivity contribution in [3.8, 4) is 0 Å². The zero-order chi connectivity index (χ0) is 14.3. The minimum absolute atomic E-state index is 0.212. The first-order valence-corrected chi connectivity index (χ1v) is 7.45. The lowest BCUT2D eigenvalue weighted by molar-refractivity contribution is 0.112. The average molecular weight is 280 g/mol. The second kappa shape index (κ2) is 5.41. The quantitative estimate of drug-likeness (QED) is 0.915. The van der Waals surface area contributed by atoms with Crippen molar-refractivity contribution < 1.29 is 8.78 Å². The standard InChI is InChI=1S/C16H22F2N2/c1-19-16(15-13(17)4-3-5-14(15)18)10-8-11-6-7-12(9-10)20(11)2/h3-5,10-12,16,19H,6-9H2,1-2H3. The molecule has 2 aliphatic rings. The Labute approximate surface area is 119 Å². The zero-order valence-corrected chi connectivity index (χ0v) is 12.1. The fourth-order valence-electron chi connectivity index (χ4n) is 4.15. The molecule has 4 heteroatoms. The molecule has 0 aliphatic carbocycles. The molecule has 2 bridgehead atoms. The second-order valence-electron chi connectivity index (χ2n) is 6.18. The van der Waals surface area contributed by atoms with Gasteiger partial charge in [-0.05, 0) is 57.8 Å². The van der Waals surface area contributed by atoms with Gasteiger partial charge in [0.25, 0.3) is 0 Å². The number of nitrogens with zero attached hydrogens (tertiary/aromatic N) is 1. The summed E-state index contributed by atoms with van der Waals surface area (Å²) in [6.45, 7) is 0. The van der Waals surface area contributed by atoms with Crippen LogP contribution in [0.5, 0.6) is 0 Å². The van der Waals surface area contributed by atoms with Gasteiger partial charge < -0.3 is 10.2 Å². The Kier molecular flexibility index (Phi) is 3.78. The van der Waals surface area contributed by atoms with Crippen molar-refractivity contribution in [2.24, 2.45) is 5.92 Å². The van der Waals surface area contributed by atoms with Gasteiger partial charge in [0.15, 0.2) is 0 Å². The summed E-state index contributed by atoms with van der Waals surface area (Å²) in [6.07, 6.45) is 4.47. The highest BCUT2D eigenvalue weighted by molar-refractivity contribution is 5.24. The molecule has 2 fully saturated rings. The van der Waals surface area contributed by atoms with Crippen LogP contribution in [0.1, 0.15) is 37.3 Å². The van der Waals surface area contributed by atoms with Gasteiger partial charge in [0.05, 0.1) is 0 Å². The van der Waals surface area contributed by atoms with E-state index >= 15 is 0 Å². The lowest BCUT2D eigenvalue weighted by atomic mass is 9.82. The van der Waals surface area contributed by atoms with Gasteiger partial charge in [-0.2, -0.15) is 0 Å². The number of piperidine rings is 1. The van der Waals surface area contributed by atoms with E-state index in [0.29, 0.717) is 18.0 Å². The predicted molar refractivity (Wildman–Crippen MR) is 75.5 cm³/mol. The van der Waals surface area contributed by atoms with Gasteiger partial charge in [-0.3, -0.25) is 0 Å². The van der Waals surface area contributed by atoms with E-state index in [4.69, 9.17) is 0 Å². The Bertz CT molecular complexity index is 457. The third-order valence-electron chi connectivity index (χ3n) is 5.23. The summed E-state index contributed by atoms with van der Waals surface area (Å²) in [6, 6.07) is 5.06. The summed E-state index contributed by atoms with van der Waals surface area (Å²) in [5.74, 6) is -0.564. The molecule has 3 unspecified atom stereocenters. The van der Waals surface area contributed by atoms with E-state index in [1.165, 1.54) is 31.0 Å². The van der Waals surface area contributed by atoms with E-state index < -0.39 is 11.6 Å². The normalized spacial score (nSPS) is 31.5. The molecule has 0 saturated carbocycles.